The van der Waals surface area contributed by atoms with Gasteiger partial charge in [0.05, 0.1) is 6.54 Å². The minimum atomic E-state index is -0.0344. The van der Waals surface area contributed by atoms with Crippen molar-refractivity contribution in [2.75, 3.05) is 6.54 Å². The standard InChI is InChI=1S/C24H28ClN3O/c1-2-3-15-28(24(29)26-17-20-10-5-4-6-11-20)19-22-13-9-16-27(22)18-21-12-7-8-14-23(21)25/h4-14,16H,2-3,15,17-19H2,1H3,(H,26,29). The lowest BCUT2D eigenvalue weighted by Gasteiger charge is -2.24. The molecule has 0 bridgehead atoms. The molecule has 5 heteroatoms. The van der Waals surface area contributed by atoms with E-state index in [9.17, 15) is 4.79 Å². The highest BCUT2D eigenvalue weighted by molar-refractivity contribution is 6.31. The molecule has 4 nitrogen and oxygen atoms in total. The number of rotatable bonds is 9. The van der Waals surface area contributed by atoms with Gasteiger partial charge in [-0.2, -0.15) is 0 Å². The molecule has 1 N–H and O–H groups in total. The van der Waals surface area contributed by atoms with Crippen LogP contribution in [0.15, 0.2) is 72.9 Å². The highest BCUT2D eigenvalue weighted by atomic mass is 35.5. The Bertz CT molecular complexity index is 907. The largest absolute Gasteiger partial charge is 0.345 e. The molecule has 3 aromatic rings. The fourth-order valence-electron chi connectivity index (χ4n) is 3.24. The molecule has 0 aliphatic rings. The number of nitrogens with one attached hydrogen (secondary N) is 1. The van der Waals surface area contributed by atoms with E-state index in [1.807, 2.05) is 71.8 Å². The fourth-order valence-corrected chi connectivity index (χ4v) is 3.44. The Morgan fingerprint density at radius 2 is 1.79 bits per heavy atom. The van der Waals surface area contributed by atoms with Crippen LogP contribution in [0.2, 0.25) is 5.02 Å². The molecule has 29 heavy (non-hydrogen) atoms. The first kappa shape index (κ1) is 21.0. The summed E-state index contributed by atoms with van der Waals surface area (Å²) in [5.74, 6) is 0. The van der Waals surface area contributed by atoms with Crippen LogP contribution in [0.4, 0.5) is 4.79 Å². The van der Waals surface area contributed by atoms with Crippen molar-refractivity contribution in [1.82, 2.24) is 14.8 Å². The molecule has 0 unspecified atom stereocenters. The van der Waals surface area contributed by atoms with Crippen LogP contribution in [-0.2, 0) is 19.6 Å². The summed E-state index contributed by atoms with van der Waals surface area (Å²) >= 11 is 6.33. The van der Waals surface area contributed by atoms with Crippen LogP contribution >= 0.6 is 11.6 Å². The predicted molar refractivity (Wildman–Crippen MR) is 119 cm³/mol. The van der Waals surface area contributed by atoms with Gasteiger partial charge in [0.2, 0.25) is 0 Å². The van der Waals surface area contributed by atoms with Gasteiger partial charge in [-0.3, -0.25) is 0 Å². The number of aromatic nitrogens is 1. The van der Waals surface area contributed by atoms with E-state index in [1.54, 1.807) is 0 Å². The summed E-state index contributed by atoms with van der Waals surface area (Å²) in [5, 5.41) is 3.82. The van der Waals surface area contributed by atoms with E-state index < -0.39 is 0 Å². The summed E-state index contributed by atoms with van der Waals surface area (Å²) in [4.78, 5) is 14.8. The van der Waals surface area contributed by atoms with Gasteiger partial charge in [0.15, 0.2) is 0 Å². The third-order valence-corrected chi connectivity index (χ3v) is 5.30. The van der Waals surface area contributed by atoms with Gasteiger partial charge in [-0.25, -0.2) is 4.79 Å². The van der Waals surface area contributed by atoms with Crippen LogP contribution < -0.4 is 5.32 Å². The van der Waals surface area contributed by atoms with E-state index >= 15 is 0 Å². The minimum Gasteiger partial charge on any atom is -0.345 e. The topological polar surface area (TPSA) is 37.3 Å². The van der Waals surface area contributed by atoms with Gasteiger partial charge in [-0.15, -0.1) is 0 Å². The molecule has 0 spiro atoms. The highest BCUT2D eigenvalue weighted by Gasteiger charge is 2.15. The Hall–Kier alpha value is -2.72. The normalized spacial score (nSPS) is 10.7. The number of unbranched alkanes of at least 4 members (excludes halogenated alkanes) is 1. The van der Waals surface area contributed by atoms with Crippen LogP contribution in [0, 0.1) is 0 Å². The number of hydrogen-bond acceptors (Lipinski definition) is 1. The van der Waals surface area contributed by atoms with E-state index in [2.05, 4.69) is 22.9 Å². The fraction of sp³-hybridized carbons (Fsp3) is 0.292. The molecule has 2 amide bonds. The van der Waals surface area contributed by atoms with Crippen molar-refractivity contribution >= 4 is 17.6 Å². The van der Waals surface area contributed by atoms with Crippen LogP contribution in [0.25, 0.3) is 0 Å². The van der Waals surface area contributed by atoms with Crippen molar-refractivity contribution in [2.45, 2.75) is 39.4 Å². The second-order valence-corrected chi connectivity index (χ2v) is 7.55. The summed E-state index contributed by atoms with van der Waals surface area (Å²) in [6, 6.07) is 21.9. The number of carbonyl (C=O) groups is 1. The third-order valence-electron chi connectivity index (χ3n) is 4.93. The van der Waals surface area contributed by atoms with E-state index in [4.69, 9.17) is 11.6 Å². The molecule has 0 radical (unpaired) electrons. The van der Waals surface area contributed by atoms with E-state index in [0.29, 0.717) is 19.6 Å². The smallest absolute Gasteiger partial charge is 0.318 e. The lowest BCUT2D eigenvalue weighted by Crippen LogP contribution is -2.40. The number of nitrogens with zero attached hydrogens (tertiary/aromatic N) is 2. The van der Waals surface area contributed by atoms with Crippen LogP contribution in [0.1, 0.15) is 36.6 Å². The Balaban J connectivity index is 1.68. The molecular formula is C24H28ClN3O. The Kier molecular flexibility index (Phi) is 7.77. The van der Waals surface area contributed by atoms with Crippen molar-refractivity contribution in [3.8, 4) is 0 Å². The number of hydrogen-bond donors (Lipinski definition) is 1. The quantitative estimate of drug-likeness (QED) is 0.483. The molecule has 0 saturated heterocycles. The summed E-state index contributed by atoms with van der Waals surface area (Å²) in [6.45, 7) is 4.66. The molecule has 3 rings (SSSR count). The summed E-state index contributed by atoms with van der Waals surface area (Å²) in [6.07, 6.45) is 4.06. The van der Waals surface area contributed by atoms with E-state index in [0.717, 1.165) is 41.2 Å². The minimum absolute atomic E-state index is 0.0344. The van der Waals surface area contributed by atoms with Crippen molar-refractivity contribution in [3.05, 3.63) is 94.8 Å². The Labute approximate surface area is 178 Å². The molecule has 1 aromatic heterocycles. The Morgan fingerprint density at radius 3 is 2.55 bits per heavy atom. The molecule has 0 aliphatic heterocycles. The van der Waals surface area contributed by atoms with E-state index in [1.165, 1.54) is 0 Å². The number of benzene rings is 2. The van der Waals surface area contributed by atoms with Gasteiger partial charge in [0, 0.05) is 36.5 Å². The zero-order chi connectivity index (χ0) is 20.5. The predicted octanol–water partition coefficient (Wildman–Crippen LogP) is 5.70. The highest BCUT2D eigenvalue weighted by Crippen LogP contribution is 2.18. The maximum Gasteiger partial charge on any atom is 0.318 e. The number of carbonyl (C=O) groups excluding carboxylic acids is 1. The van der Waals surface area contributed by atoms with Gasteiger partial charge in [0.25, 0.3) is 0 Å². The monoisotopic (exact) mass is 409 g/mol. The van der Waals surface area contributed by atoms with Gasteiger partial charge in [-0.1, -0.05) is 73.5 Å². The van der Waals surface area contributed by atoms with Crippen molar-refractivity contribution in [3.63, 3.8) is 0 Å². The number of halogens is 1. The Morgan fingerprint density at radius 1 is 1.03 bits per heavy atom. The molecule has 152 valence electrons. The molecule has 0 aliphatic carbocycles. The third kappa shape index (κ3) is 6.13. The van der Waals surface area contributed by atoms with Gasteiger partial charge in [0.1, 0.15) is 0 Å². The number of urea groups is 1. The van der Waals surface area contributed by atoms with Gasteiger partial charge < -0.3 is 14.8 Å². The van der Waals surface area contributed by atoms with Crippen molar-refractivity contribution < 1.29 is 4.79 Å². The van der Waals surface area contributed by atoms with Gasteiger partial charge in [-0.05, 0) is 35.7 Å². The summed E-state index contributed by atoms with van der Waals surface area (Å²) in [5.41, 5.74) is 3.26. The molecule has 2 aromatic carbocycles. The number of amides is 2. The average molecular weight is 410 g/mol. The maximum absolute atomic E-state index is 12.9. The van der Waals surface area contributed by atoms with Crippen molar-refractivity contribution in [1.29, 1.82) is 0 Å². The van der Waals surface area contributed by atoms with Crippen LogP contribution in [-0.4, -0.2) is 22.0 Å². The summed E-state index contributed by atoms with van der Waals surface area (Å²) < 4.78 is 2.16. The maximum atomic E-state index is 12.9. The second kappa shape index (κ2) is 10.7. The first-order valence-electron chi connectivity index (χ1n) is 10.1. The molecule has 0 saturated carbocycles. The SMILES string of the molecule is CCCCN(Cc1cccn1Cc1ccccc1Cl)C(=O)NCc1ccccc1. The lowest BCUT2D eigenvalue weighted by molar-refractivity contribution is 0.192. The van der Waals surface area contributed by atoms with Crippen LogP contribution in [0.5, 0.6) is 0 Å². The van der Waals surface area contributed by atoms with E-state index in [-0.39, 0.29) is 6.03 Å². The lowest BCUT2D eigenvalue weighted by atomic mass is 10.2. The van der Waals surface area contributed by atoms with Crippen LogP contribution in [0.3, 0.4) is 0 Å². The molecular weight excluding hydrogens is 382 g/mol. The first-order chi connectivity index (χ1) is 14.2. The summed E-state index contributed by atoms with van der Waals surface area (Å²) in [7, 11) is 0. The first-order valence-corrected chi connectivity index (χ1v) is 10.5. The zero-order valence-electron chi connectivity index (χ0n) is 16.9. The average Bonchev–Trinajstić information content (AvgIpc) is 3.18. The molecule has 1 heterocycles. The molecule has 0 atom stereocenters. The van der Waals surface area contributed by atoms with Gasteiger partial charge >= 0.3 is 6.03 Å². The molecule has 0 fully saturated rings. The van der Waals surface area contributed by atoms with Crippen molar-refractivity contribution in [2.24, 2.45) is 0 Å². The second-order valence-electron chi connectivity index (χ2n) is 7.14. The zero-order valence-corrected chi connectivity index (χ0v) is 17.6.